The number of aryl methyl sites for hydroxylation is 1. The second-order valence-electron chi connectivity index (χ2n) is 3.31. The number of hydrogen-bond donors (Lipinski definition) is 1. The smallest absolute Gasteiger partial charge is 0.272 e. The molecule has 1 aromatic carbocycles. The van der Waals surface area contributed by atoms with E-state index in [-0.39, 0.29) is 5.69 Å². The van der Waals surface area contributed by atoms with Gasteiger partial charge in [0, 0.05) is 23.2 Å². The van der Waals surface area contributed by atoms with Crippen LogP contribution in [-0.4, -0.2) is 9.91 Å². The van der Waals surface area contributed by atoms with Gasteiger partial charge < -0.3 is 5.73 Å². The Balaban J connectivity index is 0.000000686. The summed E-state index contributed by atoms with van der Waals surface area (Å²) in [5, 5.41) is 12.2. The number of hydrogen-bond acceptors (Lipinski definition) is 4. The van der Waals surface area contributed by atoms with Crippen LogP contribution in [0, 0.1) is 17.0 Å². The first kappa shape index (κ1) is 12.9. The first-order valence-electron chi connectivity index (χ1n) is 5.39. The van der Waals surface area contributed by atoms with Gasteiger partial charge in [0.2, 0.25) is 0 Å². The summed E-state index contributed by atoms with van der Waals surface area (Å²) < 4.78 is 0. The first-order chi connectivity index (χ1) is 8.09. The Bertz CT molecular complexity index is 553. The number of nitro groups is 1. The molecule has 2 N–H and O–H groups in total. The van der Waals surface area contributed by atoms with Crippen molar-refractivity contribution in [1.29, 1.82) is 0 Å². The fourth-order valence-electron chi connectivity index (χ4n) is 1.54. The van der Waals surface area contributed by atoms with Crippen molar-refractivity contribution in [2.75, 3.05) is 5.73 Å². The van der Waals surface area contributed by atoms with Crippen molar-refractivity contribution >= 4 is 22.3 Å². The van der Waals surface area contributed by atoms with Gasteiger partial charge in [-0.2, -0.15) is 0 Å². The highest BCUT2D eigenvalue weighted by molar-refractivity contribution is 5.93. The molecule has 0 bridgehead atoms. The van der Waals surface area contributed by atoms with Gasteiger partial charge >= 0.3 is 0 Å². The summed E-state index contributed by atoms with van der Waals surface area (Å²) in [5.41, 5.74) is 6.37. The lowest BCUT2D eigenvalue weighted by molar-refractivity contribution is -0.385. The molecule has 1 heterocycles. The zero-order valence-corrected chi connectivity index (χ0v) is 10.1. The van der Waals surface area contributed by atoms with E-state index in [1.165, 1.54) is 12.3 Å². The minimum Gasteiger partial charge on any atom is -0.383 e. The van der Waals surface area contributed by atoms with Gasteiger partial charge in [-0.25, -0.2) is 4.98 Å². The van der Waals surface area contributed by atoms with Crippen LogP contribution in [0.25, 0.3) is 10.8 Å². The van der Waals surface area contributed by atoms with E-state index < -0.39 is 4.92 Å². The fourth-order valence-corrected chi connectivity index (χ4v) is 1.54. The van der Waals surface area contributed by atoms with Crippen LogP contribution in [0.4, 0.5) is 11.5 Å². The number of nitrogens with zero attached hydrogens (tertiary/aromatic N) is 2. The van der Waals surface area contributed by atoms with Crippen LogP contribution in [0.2, 0.25) is 0 Å². The van der Waals surface area contributed by atoms with Crippen molar-refractivity contribution in [3.63, 3.8) is 0 Å². The lowest BCUT2D eigenvalue weighted by Crippen LogP contribution is -1.95. The summed E-state index contributed by atoms with van der Waals surface area (Å²) in [5.74, 6) is 0.394. The monoisotopic (exact) mass is 233 g/mol. The van der Waals surface area contributed by atoms with Gasteiger partial charge in [-0.05, 0) is 24.4 Å². The van der Waals surface area contributed by atoms with E-state index in [0.29, 0.717) is 11.4 Å². The standard InChI is InChI=1S/C10H9N3O2.C2H6/c1-6-4-8-7(2-3-12-10(8)11)5-9(6)13(14)15;1-2/h2-5H,1H3,(H2,11,12);1-2H3. The van der Waals surface area contributed by atoms with Gasteiger partial charge in [0.25, 0.3) is 5.69 Å². The number of fused-ring (bicyclic) bond motifs is 1. The molecular formula is C12H15N3O2. The van der Waals surface area contributed by atoms with E-state index >= 15 is 0 Å². The Kier molecular flexibility index (Phi) is 3.98. The summed E-state index contributed by atoms with van der Waals surface area (Å²) in [6.45, 7) is 5.68. The van der Waals surface area contributed by atoms with Crippen molar-refractivity contribution in [3.05, 3.63) is 40.1 Å². The van der Waals surface area contributed by atoms with Gasteiger partial charge in [0.15, 0.2) is 0 Å². The molecule has 0 aliphatic rings. The average Bonchev–Trinajstić information content (AvgIpc) is 2.32. The van der Waals surface area contributed by atoms with Crippen molar-refractivity contribution in [1.82, 2.24) is 4.98 Å². The van der Waals surface area contributed by atoms with E-state index in [2.05, 4.69) is 4.98 Å². The van der Waals surface area contributed by atoms with Crippen molar-refractivity contribution in [3.8, 4) is 0 Å². The normalized spacial score (nSPS) is 9.59. The Morgan fingerprint density at radius 1 is 1.35 bits per heavy atom. The number of anilines is 1. The molecule has 0 aliphatic carbocycles. The number of aromatic nitrogens is 1. The predicted molar refractivity (Wildman–Crippen MR) is 68.9 cm³/mol. The van der Waals surface area contributed by atoms with Crippen LogP contribution in [0.1, 0.15) is 19.4 Å². The third-order valence-electron chi connectivity index (χ3n) is 2.31. The molecule has 17 heavy (non-hydrogen) atoms. The van der Waals surface area contributed by atoms with E-state index in [9.17, 15) is 10.1 Å². The summed E-state index contributed by atoms with van der Waals surface area (Å²) >= 11 is 0. The van der Waals surface area contributed by atoms with Crippen LogP contribution < -0.4 is 5.73 Å². The Morgan fingerprint density at radius 2 is 2.00 bits per heavy atom. The highest BCUT2D eigenvalue weighted by Crippen LogP contribution is 2.27. The van der Waals surface area contributed by atoms with Gasteiger partial charge in [0.1, 0.15) is 5.82 Å². The van der Waals surface area contributed by atoms with E-state index in [4.69, 9.17) is 5.73 Å². The molecule has 0 fully saturated rings. The summed E-state index contributed by atoms with van der Waals surface area (Å²) in [6.07, 6.45) is 1.54. The minimum absolute atomic E-state index is 0.105. The molecule has 0 saturated heterocycles. The Labute approximate surface area is 99.4 Å². The van der Waals surface area contributed by atoms with Crippen LogP contribution in [0.3, 0.4) is 0 Å². The zero-order chi connectivity index (χ0) is 13.0. The van der Waals surface area contributed by atoms with Crippen molar-refractivity contribution in [2.45, 2.75) is 20.8 Å². The molecule has 0 amide bonds. The van der Waals surface area contributed by atoms with Crippen LogP contribution >= 0.6 is 0 Å². The number of pyridine rings is 1. The molecule has 0 spiro atoms. The largest absolute Gasteiger partial charge is 0.383 e. The number of benzene rings is 1. The lowest BCUT2D eigenvalue weighted by atomic mass is 10.1. The molecule has 0 radical (unpaired) electrons. The lowest BCUT2D eigenvalue weighted by Gasteiger charge is -2.03. The molecule has 1 aromatic heterocycles. The molecule has 90 valence electrons. The SMILES string of the molecule is CC.Cc1cc2c(N)nccc2cc1[N+](=O)[O-]. The second-order valence-corrected chi connectivity index (χ2v) is 3.31. The van der Waals surface area contributed by atoms with Crippen molar-refractivity contribution in [2.24, 2.45) is 0 Å². The summed E-state index contributed by atoms with van der Waals surface area (Å²) in [6, 6.07) is 4.91. The minimum atomic E-state index is -0.397. The third-order valence-corrected chi connectivity index (χ3v) is 2.31. The Hall–Kier alpha value is -2.17. The van der Waals surface area contributed by atoms with Crippen LogP contribution in [0.5, 0.6) is 0 Å². The van der Waals surface area contributed by atoms with Crippen molar-refractivity contribution < 1.29 is 4.92 Å². The van der Waals surface area contributed by atoms with Gasteiger partial charge in [-0.3, -0.25) is 10.1 Å². The van der Waals surface area contributed by atoms with Crippen LogP contribution in [-0.2, 0) is 0 Å². The number of nitrogens with two attached hydrogens (primary N) is 1. The fraction of sp³-hybridized carbons (Fsp3) is 0.250. The number of nitrogen functional groups attached to an aromatic ring is 1. The number of rotatable bonds is 1. The van der Waals surface area contributed by atoms with E-state index in [0.717, 1.165) is 10.8 Å². The average molecular weight is 233 g/mol. The molecule has 0 atom stereocenters. The third kappa shape index (κ3) is 2.50. The predicted octanol–water partition coefficient (Wildman–Crippen LogP) is 3.06. The van der Waals surface area contributed by atoms with E-state index in [1.54, 1.807) is 19.1 Å². The molecule has 5 nitrogen and oxygen atoms in total. The highest BCUT2D eigenvalue weighted by atomic mass is 16.6. The Morgan fingerprint density at radius 3 is 2.59 bits per heavy atom. The van der Waals surface area contributed by atoms with Gasteiger partial charge in [-0.15, -0.1) is 0 Å². The molecule has 0 aliphatic heterocycles. The topological polar surface area (TPSA) is 82.0 Å². The highest BCUT2D eigenvalue weighted by Gasteiger charge is 2.12. The summed E-state index contributed by atoms with van der Waals surface area (Å²) in [4.78, 5) is 14.2. The maximum atomic E-state index is 10.7. The van der Waals surface area contributed by atoms with Crippen LogP contribution in [0.15, 0.2) is 24.4 Å². The quantitative estimate of drug-likeness (QED) is 0.606. The maximum absolute atomic E-state index is 10.7. The second kappa shape index (κ2) is 5.25. The van der Waals surface area contributed by atoms with Gasteiger partial charge in [0.05, 0.1) is 4.92 Å². The number of nitro benzene ring substituents is 1. The molecule has 2 rings (SSSR count). The molecule has 2 aromatic rings. The van der Waals surface area contributed by atoms with E-state index in [1.807, 2.05) is 13.8 Å². The zero-order valence-electron chi connectivity index (χ0n) is 10.1. The molecular weight excluding hydrogens is 218 g/mol. The summed E-state index contributed by atoms with van der Waals surface area (Å²) in [7, 11) is 0. The molecule has 0 unspecified atom stereocenters. The molecule has 5 heteroatoms. The van der Waals surface area contributed by atoms with Gasteiger partial charge in [-0.1, -0.05) is 13.8 Å². The maximum Gasteiger partial charge on any atom is 0.272 e. The molecule has 0 saturated carbocycles. The first-order valence-corrected chi connectivity index (χ1v) is 5.39.